The zero-order chi connectivity index (χ0) is 22.5. The number of carbonyl (C=O) groups excluding carboxylic acids is 2. The number of amides is 2. The Morgan fingerprint density at radius 3 is 2.45 bits per heavy atom. The molecule has 0 unspecified atom stereocenters. The number of rotatable bonds is 13. The number of hydrogen-bond acceptors (Lipinski definition) is 3. The normalized spacial score (nSPS) is 11.7. The van der Waals surface area contributed by atoms with E-state index in [1.54, 1.807) is 16.7 Å². The summed E-state index contributed by atoms with van der Waals surface area (Å²) < 4.78 is 0. The van der Waals surface area contributed by atoms with Crippen LogP contribution >= 0.6 is 11.8 Å². The zero-order valence-corrected chi connectivity index (χ0v) is 19.9. The lowest BCUT2D eigenvalue weighted by Gasteiger charge is -2.31. The Balaban J connectivity index is 2.03. The van der Waals surface area contributed by atoms with Gasteiger partial charge in [0.15, 0.2) is 0 Å². The summed E-state index contributed by atoms with van der Waals surface area (Å²) in [5, 5.41) is 3.02. The molecule has 0 aliphatic rings. The van der Waals surface area contributed by atoms with Gasteiger partial charge in [-0.2, -0.15) is 11.8 Å². The van der Waals surface area contributed by atoms with Crippen LogP contribution in [0.3, 0.4) is 0 Å². The molecule has 0 saturated heterocycles. The van der Waals surface area contributed by atoms with Gasteiger partial charge in [0.25, 0.3) is 0 Å². The van der Waals surface area contributed by atoms with E-state index < -0.39 is 6.04 Å². The minimum atomic E-state index is -0.441. The van der Waals surface area contributed by atoms with Crippen LogP contribution in [0.4, 0.5) is 0 Å². The van der Waals surface area contributed by atoms with Crippen LogP contribution in [-0.4, -0.2) is 35.1 Å². The third kappa shape index (κ3) is 8.78. The monoisotopic (exact) mass is 440 g/mol. The molecule has 5 heteroatoms. The maximum atomic E-state index is 13.2. The second-order valence-electron chi connectivity index (χ2n) is 7.87. The SMILES string of the molecule is CCCCNC(=O)[C@@H](CC)N(Cc1cccc(C)c1)C(=O)CCSCc1ccccc1. The fraction of sp³-hybridized carbons (Fsp3) is 0.462. The minimum Gasteiger partial charge on any atom is -0.354 e. The molecule has 2 rings (SSSR count). The van der Waals surface area contributed by atoms with Crippen LogP contribution in [0.25, 0.3) is 0 Å². The summed E-state index contributed by atoms with van der Waals surface area (Å²) in [6.07, 6.45) is 3.01. The molecule has 0 aromatic heterocycles. The average molecular weight is 441 g/mol. The topological polar surface area (TPSA) is 49.4 Å². The second kappa shape index (κ2) is 13.9. The van der Waals surface area contributed by atoms with Gasteiger partial charge in [0.05, 0.1) is 0 Å². The van der Waals surface area contributed by atoms with E-state index in [2.05, 4.69) is 30.4 Å². The fourth-order valence-corrected chi connectivity index (χ4v) is 4.39. The van der Waals surface area contributed by atoms with E-state index in [4.69, 9.17) is 0 Å². The molecule has 168 valence electrons. The number of unbranched alkanes of at least 4 members (excludes halogenated alkanes) is 1. The van der Waals surface area contributed by atoms with Gasteiger partial charge in [0.2, 0.25) is 11.8 Å². The van der Waals surface area contributed by atoms with Gasteiger partial charge in [-0.25, -0.2) is 0 Å². The fourth-order valence-electron chi connectivity index (χ4n) is 3.50. The van der Waals surface area contributed by atoms with Crippen LogP contribution in [0.2, 0.25) is 0 Å². The molecule has 2 aromatic rings. The molecule has 0 saturated carbocycles. The van der Waals surface area contributed by atoms with E-state index in [0.717, 1.165) is 35.5 Å². The van der Waals surface area contributed by atoms with E-state index in [-0.39, 0.29) is 11.8 Å². The average Bonchev–Trinajstić information content (AvgIpc) is 2.77. The number of thioether (sulfide) groups is 1. The molecule has 2 amide bonds. The summed E-state index contributed by atoms with van der Waals surface area (Å²) in [4.78, 5) is 27.8. The highest BCUT2D eigenvalue weighted by Crippen LogP contribution is 2.18. The van der Waals surface area contributed by atoms with Gasteiger partial charge >= 0.3 is 0 Å². The van der Waals surface area contributed by atoms with Crippen LogP contribution in [0.1, 0.15) is 56.2 Å². The highest BCUT2D eigenvalue weighted by molar-refractivity contribution is 7.98. The van der Waals surface area contributed by atoms with Crippen LogP contribution in [0, 0.1) is 6.92 Å². The predicted molar refractivity (Wildman–Crippen MR) is 131 cm³/mol. The van der Waals surface area contributed by atoms with E-state index >= 15 is 0 Å². The molecular weight excluding hydrogens is 404 g/mol. The van der Waals surface area contributed by atoms with Crippen molar-refractivity contribution in [1.82, 2.24) is 10.2 Å². The lowest BCUT2D eigenvalue weighted by atomic mass is 10.1. The first-order chi connectivity index (χ1) is 15.0. The highest BCUT2D eigenvalue weighted by Gasteiger charge is 2.28. The molecule has 31 heavy (non-hydrogen) atoms. The van der Waals surface area contributed by atoms with Crippen LogP contribution in [0.5, 0.6) is 0 Å². The number of aryl methyl sites for hydroxylation is 1. The smallest absolute Gasteiger partial charge is 0.242 e. The van der Waals surface area contributed by atoms with Crippen molar-refractivity contribution in [3.05, 3.63) is 71.3 Å². The third-order valence-corrected chi connectivity index (χ3v) is 6.25. The van der Waals surface area contributed by atoms with E-state index in [0.29, 0.717) is 25.9 Å². The first-order valence-corrected chi connectivity index (χ1v) is 12.4. The van der Waals surface area contributed by atoms with E-state index in [1.807, 2.05) is 50.2 Å². The Kier molecular flexibility index (Phi) is 11.2. The quantitative estimate of drug-likeness (QED) is 0.428. The van der Waals surface area contributed by atoms with Gasteiger partial charge in [0.1, 0.15) is 6.04 Å². The van der Waals surface area contributed by atoms with E-state index in [9.17, 15) is 9.59 Å². The molecule has 0 radical (unpaired) electrons. The van der Waals surface area contributed by atoms with Crippen molar-refractivity contribution >= 4 is 23.6 Å². The van der Waals surface area contributed by atoms with Gasteiger partial charge in [-0.05, 0) is 30.9 Å². The Labute approximate surface area is 191 Å². The number of nitrogens with zero attached hydrogens (tertiary/aromatic N) is 1. The van der Waals surface area contributed by atoms with Gasteiger partial charge < -0.3 is 10.2 Å². The number of benzene rings is 2. The molecule has 2 aromatic carbocycles. The Morgan fingerprint density at radius 2 is 1.77 bits per heavy atom. The molecule has 0 heterocycles. The van der Waals surface area contributed by atoms with Crippen molar-refractivity contribution in [3.63, 3.8) is 0 Å². The Morgan fingerprint density at radius 1 is 1.03 bits per heavy atom. The largest absolute Gasteiger partial charge is 0.354 e. The Bertz CT molecular complexity index is 810. The van der Waals surface area contributed by atoms with Crippen molar-refractivity contribution in [2.24, 2.45) is 0 Å². The van der Waals surface area contributed by atoms with Gasteiger partial charge in [-0.15, -0.1) is 0 Å². The molecule has 4 nitrogen and oxygen atoms in total. The van der Waals surface area contributed by atoms with Gasteiger partial charge in [0, 0.05) is 31.0 Å². The van der Waals surface area contributed by atoms with Crippen molar-refractivity contribution in [1.29, 1.82) is 0 Å². The van der Waals surface area contributed by atoms with Crippen molar-refractivity contribution in [3.8, 4) is 0 Å². The minimum absolute atomic E-state index is 0.0413. The number of nitrogens with one attached hydrogen (secondary N) is 1. The summed E-state index contributed by atoms with van der Waals surface area (Å²) in [5.41, 5.74) is 3.48. The molecule has 0 fully saturated rings. The van der Waals surface area contributed by atoms with Crippen molar-refractivity contribution < 1.29 is 9.59 Å². The van der Waals surface area contributed by atoms with Crippen LogP contribution in [-0.2, 0) is 21.9 Å². The zero-order valence-electron chi connectivity index (χ0n) is 19.1. The lowest BCUT2D eigenvalue weighted by molar-refractivity contribution is -0.141. The van der Waals surface area contributed by atoms with E-state index in [1.165, 1.54) is 5.56 Å². The standard InChI is InChI=1S/C26H36N2O2S/c1-4-6-16-27-26(30)24(5-2)28(19-23-14-10-11-21(3)18-23)25(29)15-17-31-20-22-12-8-7-9-13-22/h7-14,18,24H,4-6,15-17,19-20H2,1-3H3,(H,27,30)/t24-/m1/s1. The first kappa shape index (κ1) is 25.0. The summed E-state index contributed by atoms with van der Waals surface area (Å²) in [6.45, 7) is 7.24. The molecular formula is C26H36N2O2S. The Hall–Kier alpha value is -2.27. The summed E-state index contributed by atoms with van der Waals surface area (Å²) >= 11 is 1.76. The summed E-state index contributed by atoms with van der Waals surface area (Å²) in [7, 11) is 0. The van der Waals surface area contributed by atoms with Gasteiger partial charge in [-0.3, -0.25) is 9.59 Å². The van der Waals surface area contributed by atoms with Crippen LogP contribution < -0.4 is 5.32 Å². The molecule has 0 bridgehead atoms. The van der Waals surface area contributed by atoms with Crippen LogP contribution in [0.15, 0.2) is 54.6 Å². The second-order valence-corrected chi connectivity index (χ2v) is 8.97. The molecule has 1 N–H and O–H groups in total. The number of carbonyl (C=O) groups is 2. The maximum absolute atomic E-state index is 13.2. The highest BCUT2D eigenvalue weighted by atomic mass is 32.2. The molecule has 1 atom stereocenters. The lowest BCUT2D eigenvalue weighted by Crippen LogP contribution is -2.49. The maximum Gasteiger partial charge on any atom is 0.242 e. The molecule has 0 spiro atoms. The predicted octanol–water partition coefficient (Wildman–Crippen LogP) is 5.34. The van der Waals surface area contributed by atoms with Gasteiger partial charge in [-0.1, -0.05) is 80.4 Å². The summed E-state index contributed by atoms with van der Waals surface area (Å²) in [5.74, 6) is 1.63. The first-order valence-electron chi connectivity index (χ1n) is 11.3. The third-order valence-electron chi connectivity index (χ3n) is 5.22. The molecule has 0 aliphatic carbocycles. The van der Waals surface area contributed by atoms with Crippen molar-refractivity contribution in [2.75, 3.05) is 12.3 Å². The molecule has 0 aliphatic heterocycles. The van der Waals surface area contributed by atoms with Crippen molar-refractivity contribution in [2.45, 2.75) is 64.8 Å². The number of hydrogen-bond donors (Lipinski definition) is 1. The summed E-state index contributed by atoms with van der Waals surface area (Å²) in [6, 6.07) is 18.0.